The van der Waals surface area contributed by atoms with Crippen molar-refractivity contribution >= 4 is 11.6 Å². The Hall–Kier alpha value is -2.38. The third-order valence-corrected chi connectivity index (χ3v) is 5.48. The molecule has 148 valence electrons. The summed E-state index contributed by atoms with van der Waals surface area (Å²) >= 11 is 0. The number of hydrogen-bond acceptors (Lipinski definition) is 4. The van der Waals surface area contributed by atoms with Crippen molar-refractivity contribution in [3.63, 3.8) is 0 Å². The van der Waals surface area contributed by atoms with Crippen LogP contribution in [0, 0.1) is 6.92 Å². The van der Waals surface area contributed by atoms with E-state index < -0.39 is 17.6 Å². The second kappa shape index (κ2) is 7.22. The number of rotatable bonds is 3. The summed E-state index contributed by atoms with van der Waals surface area (Å²) in [5, 5.41) is 0. The van der Waals surface area contributed by atoms with Crippen LogP contribution < -0.4 is 4.90 Å². The Morgan fingerprint density at radius 3 is 2.46 bits per heavy atom. The molecule has 7 heteroatoms. The van der Waals surface area contributed by atoms with Crippen molar-refractivity contribution in [2.24, 2.45) is 0 Å². The number of amides is 1. The van der Waals surface area contributed by atoms with E-state index >= 15 is 0 Å². The van der Waals surface area contributed by atoms with Crippen LogP contribution in [-0.2, 0) is 16.1 Å². The second-order valence-electron chi connectivity index (χ2n) is 7.63. The van der Waals surface area contributed by atoms with E-state index in [-0.39, 0.29) is 6.54 Å². The van der Waals surface area contributed by atoms with E-state index in [0.717, 1.165) is 11.3 Å². The lowest BCUT2D eigenvalue weighted by Crippen LogP contribution is -2.64. The topological polar surface area (TPSA) is 45.7 Å². The van der Waals surface area contributed by atoms with Crippen molar-refractivity contribution in [2.45, 2.75) is 38.0 Å². The molecule has 0 saturated carbocycles. The highest BCUT2D eigenvalue weighted by atomic mass is 19.3. The number of likely N-dealkylation sites (tertiary alicyclic amines) is 1. The zero-order chi connectivity index (χ0) is 19.8. The quantitative estimate of drug-likeness (QED) is 0.810. The number of ether oxygens (including phenoxy) is 1. The normalized spacial score (nSPS) is 21.8. The van der Waals surface area contributed by atoms with Crippen molar-refractivity contribution < 1.29 is 18.3 Å². The third kappa shape index (κ3) is 3.77. The number of halogens is 2. The predicted molar refractivity (Wildman–Crippen MR) is 101 cm³/mol. The van der Waals surface area contributed by atoms with Gasteiger partial charge in [0, 0.05) is 31.5 Å². The van der Waals surface area contributed by atoms with Crippen molar-refractivity contribution in [1.29, 1.82) is 0 Å². The van der Waals surface area contributed by atoms with Gasteiger partial charge in [0.15, 0.2) is 0 Å². The predicted octanol–water partition coefficient (Wildman–Crippen LogP) is 3.38. The minimum Gasteiger partial charge on any atom is -0.304 e. The van der Waals surface area contributed by atoms with Crippen LogP contribution in [0.3, 0.4) is 0 Å². The molecule has 1 aromatic heterocycles. The molecule has 0 aliphatic carbocycles. The zero-order valence-electron chi connectivity index (χ0n) is 15.8. The van der Waals surface area contributed by atoms with Gasteiger partial charge in [-0.3, -0.25) is 14.7 Å². The largest absolute Gasteiger partial charge is 0.437 e. The number of para-hydroxylation sites is 1. The van der Waals surface area contributed by atoms with Crippen molar-refractivity contribution in [1.82, 2.24) is 9.88 Å². The second-order valence-corrected chi connectivity index (χ2v) is 7.63. The molecule has 4 rings (SSSR count). The number of hydrogen-bond donors (Lipinski definition) is 0. The average molecular weight is 387 g/mol. The van der Waals surface area contributed by atoms with Gasteiger partial charge in [0.2, 0.25) is 0 Å². The van der Waals surface area contributed by atoms with Crippen LogP contribution in [0.5, 0.6) is 0 Å². The summed E-state index contributed by atoms with van der Waals surface area (Å²) in [5.41, 5.74) is 1.49. The molecule has 0 atom stereocenters. The maximum absolute atomic E-state index is 14.4. The minimum atomic E-state index is -3.81. The van der Waals surface area contributed by atoms with E-state index in [0.29, 0.717) is 38.2 Å². The van der Waals surface area contributed by atoms with E-state index in [1.165, 1.54) is 4.90 Å². The summed E-state index contributed by atoms with van der Waals surface area (Å²) in [6, 6.07) is 12.6. The zero-order valence-corrected chi connectivity index (χ0v) is 15.8. The van der Waals surface area contributed by atoms with Crippen LogP contribution in [0.1, 0.15) is 24.1 Å². The van der Waals surface area contributed by atoms with E-state index in [1.54, 1.807) is 30.3 Å². The van der Waals surface area contributed by atoms with E-state index in [2.05, 4.69) is 9.88 Å². The Kier molecular flexibility index (Phi) is 4.89. The van der Waals surface area contributed by atoms with Gasteiger partial charge in [0.1, 0.15) is 0 Å². The molecule has 3 heterocycles. The Balaban J connectivity index is 1.47. The SMILES string of the molecule is Cc1ccc(CN2CCC3(CC2)CN(c2ccccc2)C(=O)C(F)(F)O3)nc1. The summed E-state index contributed by atoms with van der Waals surface area (Å²) in [6.45, 7) is 4.03. The number of benzene rings is 1. The molecule has 0 N–H and O–H groups in total. The molecule has 1 amide bonds. The lowest BCUT2D eigenvalue weighted by molar-refractivity contribution is -0.293. The third-order valence-electron chi connectivity index (χ3n) is 5.48. The summed E-state index contributed by atoms with van der Waals surface area (Å²) in [7, 11) is 0. The van der Waals surface area contributed by atoms with Gasteiger partial charge >= 0.3 is 12.0 Å². The molecule has 0 bridgehead atoms. The number of alkyl halides is 2. The number of carbonyl (C=O) groups excluding carboxylic acids is 1. The molecule has 0 radical (unpaired) electrons. The molecule has 2 aromatic rings. The van der Waals surface area contributed by atoms with Gasteiger partial charge in [0.25, 0.3) is 0 Å². The van der Waals surface area contributed by atoms with Gasteiger partial charge in [-0.2, -0.15) is 8.78 Å². The first-order valence-electron chi connectivity index (χ1n) is 9.46. The van der Waals surface area contributed by atoms with Crippen molar-refractivity contribution in [2.75, 3.05) is 24.5 Å². The minimum absolute atomic E-state index is 0.141. The number of piperidine rings is 1. The molecule has 5 nitrogen and oxygen atoms in total. The highest BCUT2D eigenvalue weighted by Gasteiger charge is 2.57. The van der Waals surface area contributed by atoms with Gasteiger partial charge in [0.05, 0.1) is 17.8 Å². The molecule has 1 aromatic carbocycles. The number of aromatic nitrogens is 1. The van der Waals surface area contributed by atoms with Crippen LogP contribution in [0.2, 0.25) is 0 Å². The molecule has 0 unspecified atom stereocenters. The smallest absolute Gasteiger partial charge is 0.304 e. The van der Waals surface area contributed by atoms with Crippen LogP contribution in [0.4, 0.5) is 14.5 Å². The highest BCUT2D eigenvalue weighted by molar-refractivity contribution is 5.98. The Bertz CT molecular complexity index is 834. The molecule has 2 aliphatic rings. The summed E-state index contributed by atoms with van der Waals surface area (Å²) in [4.78, 5) is 20.0. The Labute approximate surface area is 162 Å². The van der Waals surface area contributed by atoms with Crippen LogP contribution >= 0.6 is 0 Å². The summed E-state index contributed by atoms with van der Waals surface area (Å²) in [6.07, 6.45) is -1.11. The Morgan fingerprint density at radius 2 is 1.82 bits per heavy atom. The van der Waals surface area contributed by atoms with Crippen molar-refractivity contribution in [3.8, 4) is 0 Å². The molecule has 28 heavy (non-hydrogen) atoms. The number of aryl methyl sites for hydroxylation is 1. The average Bonchev–Trinajstić information content (AvgIpc) is 2.69. The summed E-state index contributed by atoms with van der Waals surface area (Å²) < 4.78 is 33.9. The maximum Gasteiger partial charge on any atom is 0.437 e. The monoisotopic (exact) mass is 387 g/mol. The summed E-state index contributed by atoms with van der Waals surface area (Å²) in [5.74, 6) is -1.30. The highest BCUT2D eigenvalue weighted by Crippen LogP contribution is 2.40. The number of carbonyl (C=O) groups is 1. The van der Waals surface area contributed by atoms with Gasteiger partial charge in [-0.1, -0.05) is 24.3 Å². The van der Waals surface area contributed by atoms with Gasteiger partial charge in [-0.15, -0.1) is 0 Å². The van der Waals surface area contributed by atoms with Gasteiger partial charge < -0.3 is 9.64 Å². The number of nitrogens with zero attached hydrogens (tertiary/aromatic N) is 3. The van der Waals surface area contributed by atoms with E-state index in [9.17, 15) is 13.6 Å². The van der Waals surface area contributed by atoms with Crippen LogP contribution in [-0.4, -0.2) is 47.1 Å². The molecular formula is C21H23F2N3O2. The maximum atomic E-state index is 14.4. The van der Waals surface area contributed by atoms with E-state index in [1.807, 2.05) is 25.3 Å². The molecule has 2 aliphatic heterocycles. The van der Waals surface area contributed by atoms with Crippen LogP contribution in [0.15, 0.2) is 48.7 Å². The Morgan fingerprint density at radius 1 is 1.11 bits per heavy atom. The van der Waals surface area contributed by atoms with Gasteiger partial charge in [-0.25, -0.2) is 0 Å². The lowest BCUT2D eigenvalue weighted by atomic mass is 9.88. The number of morpholine rings is 1. The lowest BCUT2D eigenvalue weighted by Gasteiger charge is -2.48. The fraction of sp³-hybridized carbons (Fsp3) is 0.429. The number of anilines is 1. The number of pyridine rings is 1. The van der Waals surface area contributed by atoms with Crippen LogP contribution in [0.25, 0.3) is 0 Å². The molecular weight excluding hydrogens is 364 g/mol. The first-order chi connectivity index (χ1) is 13.4. The fourth-order valence-electron chi connectivity index (χ4n) is 3.88. The van der Waals surface area contributed by atoms with Gasteiger partial charge in [-0.05, 0) is 43.5 Å². The molecule has 1 spiro atoms. The first kappa shape index (κ1) is 19.0. The molecule has 2 fully saturated rings. The molecule has 2 saturated heterocycles. The van der Waals surface area contributed by atoms with E-state index in [4.69, 9.17) is 4.74 Å². The standard InChI is InChI=1S/C21H23F2N3O2/c1-16-7-8-17(24-13-16)14-25-11-9-20(10-12-25)15-26(18-5-3-2-4-6-18)19(27)21(22,23)28-20/h2-8,13H,9-12,14-15H2,1H3. The fourth-order valence-corrected chi connectivity index (χ4v) is 3.88. The van der Waals surface area contributed by atoms with Crippen molar-refractivity contribution in [3.05, 3.63) is 59.9 Å². The first-order valence-corrected chi connectivity index (χ1v) is 9.46.